The van der Waals surface area contributed by atoms with Crippen LogP contribution < -0.4 is 5.32 Å². The molecule has 2 N–H and O–H groups in total. The van der Waals surface area contributed by atoms with Crippen LogP contribution in [0, 0.1) is 6.92 Å². The molecule has 15 heavy (non-hydrogen) atoms. The number of anilines is 1. The lowest BCUT2D eigenvalue weighted by Gasteiger charge is -2.08. The van der Waals surface area contributed by atoms with Crippen molar-refractivity contribution in [3.8, 4) is 0 Å². The minimum Gasteiger partial charge on any atom is -0.392 e. The summed E-state index contributed by atoms with van der Waals surface area (Å²) in [5, 5.41) is 13.2. The van der Waals surface area contributed by atoms with Crippen LogP contribution in [-0.4, -0.2) is 17.1 Å². The van der Waals surface area contributed by atoms with Gasteiger partial charge in [0.05, 0.1) is 12.1 Å². The van der Waals surface area contributed by atoms with Gasteiger partial charge in [-0.1, -0.05) is 11.6 Å². The van der Waals surface area contributed by atoms with Gasteiger partial charge in [-0.3, -0.25) is 0 Å². The molecule has 0 saturated carbocycles. The number of hydrogen-bond donors (Lipinski definition) is 2. The average molecular weight is 202 g/mol. The highest BCUT2D eigenvalue weighted by atomic mass is 16.3. The van der Waals surface area contributed by atoms with Gasteiger partial charge in [-0.2, -0.15) is 0 Å². The number of rotatable bonds is 2. The molecular formula is C12H14N2O. The summed E-state index contributed by atoms with van der Waals surface area (Å²) in [6.07, 6.45) is 0. The zero-order valence-electron chi connectivity index (χ0n) is 8.91. The summed E-state index contributed by atoms with van der Waals surface area (Å²) in [6.45, 7) is 2.05. The number of aryl methyl sites for hydroxylation is 1. The first kappa shape index (κ1) is 9.93. The van der Waals surface area contributed by atoms with Crippen LogP contribution in [0.25, 0.3) is 10.9 Å². The standard InChI is InChI=1S/C12H14N2O/c1-8-3-4-11-9(5-8)6-10(7-15)12(13-2)14-11/h3-6,15H,7H2,1-2H3,(H,13,14). The van der Waals surface area contributed by atoms with E-state index in [9.17, 15) is 5.11 Å². The second-order valence-electron chi connectivity index (χ2n) is 3.60. The van der Waals surface area contributed by atoms with E-state index in [4.69, 9.17) is 0 Å². The van der Waals surface area contributed by atoms with Gasteiger partial charge in [0.25, 0.3) is 0 Å². The lowest BCUT2D eigenvalue weighted by Crippen LogP contribution is -1.99. The highest BCUT2D eigenvalue weighted by Gasteiger charge is 2.04. The van der Waals surface area contributed by atoms with E-state index in [1.807, 2.05) is 32.2 Å². The van der Waals surface area contributed by atoms with Crippen LogP contribution in [0.15, 0.2) is 24.3 Å². The monoisotopic (exact) mass is 202 g/mol. The lowest BCUT2D eigenvalue weighted by atomic mass is 10.1. The molecule has 78 valence electrons. The van der Waals surface area contributed by atoms with Crippen LogP contribution in [0.2, 0.25) is 0 Å². The fraction of sp³-hybridized carbons (Fsp3) is 0.250. The van der Waals surface area contributed by atoms with Crippen molar-refractivity contribution in [3.05, 3.63) is 35.4 Å². The van der Waals surface area contributed by atoms with Gasteiger partial charge in [-0.05, 0) is 25.1 Å². The van der Waals surface area contributed by atoms with Crippen molar-refractivity contribution in [2.45, 2.75) is 13.5 Å². The molecule has 0 fully saturated rings. The van der Waals surface area contributed by atoms with Gasteiger partial charge in [0.2, 0.25) is 0 Å². The van der Waals surface area contributed by atoms with Crippen molar-refractivity contribution in [1.82, 2.24) is 4.98 Å². The maximum absolute atomic E-state index is 9.20. The summed E-state index contributed by atoms with van der Waals surface area (Å²) in [7, 11) is 1.81. The number of pyridine rings is 1. The highest BCUT2D eigenvalue weighted by molar-refractivity contribution is 5.82. The summed E-state index contributed by atoms with van der Waals surface area (Å²) in [5.41, 5.74) is 2.98. The highest BCUT2D eigenvalue weighted by Crippen LogP contribution is 2.21. The zero-order valence-corrected chi connectivity index (χ0v) is 8.91. The number of aromatic nitrogens is 1. The van der Waals surface area contributed by atoms with Gasteiger partial charge >= 0.3 is 0 Å². The largest absolute Gasteiger partial charge is 0.392 e. The Morgan fingerprint density at radius 1 is 1.33 bits per heavy atom. The van der Waals surface area contributed by atoms with Crippen LogP contribution >= 0.6 is 0 Å². The third-order valence-corrected chi connectivity index (χ3v) is 2.46. The third-order valence-electron chi connectivity index (χ3n) is 2.46. The summed E-state index contributed by atoms with van der Waals surface area (Å²) >= 11 is 0. The molecule has 0 aliphatic carbocycles. The molecule has 2 aromatic rings. The summed E-state index contributed by atoms with van der Waals surface area (Å²) < 4.78 is 0. The van der Waals surface area contributed by atoms with E-state index in [0.717, 1.165) is 22.3 Å². The molecule has 0 atom stereocenters. The lowest BCUT2D eigenvalue weighted by molar-refractivity contribution is 0.282. The predicted octanol–water partition coefficient (Wildman–Crippen LogP) is 2.08. The Bertz CT molecular complexity index is 494. The van der Waals surface area contributed by atoms with Crippen molar-refractivity contribution in [2.75, 3.05) is 12.4 Å². The van der Waals surface area contributed by atoms with Crippen molar-refractivity contribution >= 4 is 16.7 Å². The van der Waals surface area contributed by atoms with E-state index in [0.29, 0.717) is 0 Å². The molecule has 1 aromatic carbocycles. The molecule has 1 heterocycles. The molecule has 0 aliphatic rings. The van der Waals surface area contributed by atoms with E-state index in [1.54, 1.807) is 0 Å². The van der Waals surface area contributed by atoms with Crippen molar-refractivity contribution in [3.63, 3.8) is 0 Å². The topological polar surface area (TPSA) is 45.2 Å². The summed E-state index contributed by atoms with van der Waals surface area (Å²) in [4.78, 5) is 4.43. The number of aliphatic hydroxyl groups is 1. The van der Waals surface area contributed by atoms with E-state index in [2.05, 4.69) is 16.4 Å². The maximum Gasteiger partial charge on any atom is 0.131 e. The number of nitrogens with zero attached hydrogens (tertiary/aromatic N) is 1. The fourth-order valence-corrected chi connectivity index (χ4v) is 1.68. The third kappa shape index (κ3) is 1.78. The molecule has 0 saturated heterocycles. The van der Waals surface area contributed by atoms with Crippen molar-refractivity contribution in [1.29, 1.82) is 0 Å². The normalized spacial score (nSPS) is 10.6. The average Bonchev–Trinajstić information content (AvgIpc) is 2.27. The predicted molar refractivity (Wildman–Crippen MR) is 61.9 cm³/mol. The van der Waals surface area contributed by atoms with Crippen molar-refractivity contribution in [2.24, 2.45) is 0 Å². The van der Waals surface area contributed by atoms with E-state index < -0.39 is 0 Å². The smallest absolute Gasteiger partial charge is 0.131 e. The van der Waals surface area contributed by atoms with Crippen LogP contribution in [0.5, 0.6) is 0 Å². The first-order chi connectivity index (χ1) is 7.24. The first-order valence-electron chi connectivity index (χ1n) is 4.93. The van der Waals surface area contributed by atoms with Gasteiger partial charge < -0.3 is 10.4 Å². The molecule has 3 nitrogen and oxygen atoms in total. The molecule has 2 rings (SSSR count). The van der Waals surface area contributed by atoms with E-state index in [-0.39, 0.29) is 6.61 Å². The Hall–Kier alpha value is -1.61. The van der Waals surface area contributed by atoms with Gasteiger partial charge in [-0.15, -0.1) is 0 Å². The Morgan fingerprint density at radius 2 is 2.13 bits per heavy atom. The summed E-state index contributed by atoms with van der Waals surface area (Å²) in [6, 6.07) is 8.07. The molecule has 0 bridgehead atoms. The van der Waals surface area contributed by atoms with Crippen LogP contribution in [0.1, 0.15) is 11.1 Å². The number of nitrogens with one attached hydrogen (secondary N) is 1. The number of aliphatic hydroxyl groups excluding tert-OH is 1. The second-order valence-corrected chi connectivity index (χ2v) is 3.60. The fourth-order valence-electron chi connectivity index (χ4n) is 1.68. The number of hydrogen-bond acceptors (Lipinski definition) is 3. The van der Waals surface area contributed by atoms with Gasteiger partial charge in [0.1, 0.15) is 5.82 Å². The van der Waals surface area contributed by atoms with E-state index >= 15 is 0 Å². The second kappa shape index (κ2) is 3.87. The van der Waals surface area contributed by atoms with E-state index in [1.165, 1.54) is 5.56 Å². The minimum atomic E-state index is 0.00700. The van der Waals surface area contributed by atoms with Gasteiger partial charge in [-0.25, -0.2) is 4.98 Å². The number of fused-ring (bicyclic) bond motifs is 1. The van der Waals surface area contributed by atoms with Gasteiger partial charge in [0, 0.05) is 18.0 Å². The molecule has 0 spiro atoms. The minimum absolute atomic E-state index is 0.00700. The molecule has 0 aliphatic heterocycles. The summed E-state index contributed by atoms with van der Waals surface area (Å²) in [5.74, 6) is 0.744. The maximum atomic E-state index is 9.20. The molecule has 0 amide bonds. The Labute approximate surface area is 88.8 Å². The Morgan fingerprint density at radius 3 is 2.80 bits per heavy atom. The SMILES string of the molecule is CNc1nc2ccc(C)cc2cc1CO. The van der Waals surface area contributed by atoms with Gasteiger partial charge in [0.15, 0.2) is 0 Å². The van der Waals surface area contributed by atoms with Crippen LogP contribution in [0.3, 0.4) is 0 Å². The Balaban J connectivity index is 2.69. The zero-order chi connectivity index (χ0) is 10.8. The molecule has 0 unspecified atom stereocenters. The molecule has 1 aromatic heterocycles. The van der Waals surface area contributed by atoms with Crippen molar-refractivity contribution < 1.29 is 5.11 Å². The Kier molecular flexibility index (Phi) is 2.56. The molecular weight excluding hydrogens is 188 g/mol. The quantitative estimate of drug-likeness (QED) is 0.783. The van der Waals surface area contributed by atoms with Crippen LogP contribution in [-0.2, 0) is 6.61 Å². The molecule has 3 heteroatoms. The molecule has 0 radical (unpaired) electrons. The number of benzene rings is 1. The van der Waals surface area contributed by atoms with Crippen LogP contribution in [0.4, 0.5) is 5.82 Å². The first-order valence-corrected chi connectivity index (χ1v) is 4.93.